The standard InChI is InChI=1S/C11H19N3/c12-10-5-6-11(13-9-10)14-7-3-1-2-4-8-14/h5-6,13H,1-4,7-9,12H2. The molecule has 0 unspecified atom stereocenters. The summed E-state index contributed by atoms with van der Waals surface area (Å²) in [5, 5.41) is 3.36. The van der Waals surface area contributed by atoms with Gasteiger partial charge in [0.2, 0.25) is 0 Å². The summed E-state index contributed by atoms with van der Waals surface area (Å²) in [4.78, 5) is 2.44. The molecule has 1 saturated heterocycles. The molecule has 0 saturated carbocycles. The highest BCUT2D eigenvalue weighted by Gasteiger charge is 2.13. The van der Waals surface area contributed by atoms with Crippen molar-refractivity contribution in [3.63, 3.8) is 0 Å². The van der Waals surface area contributed by atoms with Gasteiger partial charge in [0.1, 0.15) is 5.82 Å². The maximum atomic E-state index is 5.69. The van der Waals surface area contributed by atoms with Gasteiger partial charge in [-0.15, -0.1) is 0 Å². The number of nitrogens with zero attached hydrogens (tertiary/aromatic N) is 1. The smallest absolute Gasteiger partial charge is 0.102 e. The zero-order chi connectivity index (χ0) is 9.80. The molecular formula is C11H19N3. The Bertz CT molecular complexity index is 247. The Balaban J connectivity index is 1.99. The Morgan fingerprint density at radius 1 is 1.07 bits per heavy atom. The van der Waals surface area contributed by atoms with Gasteiger partial charge < -0.3 is 16.0 Å². The summed E-state index contributed by atoms with van der Waals surface area (Å²) >= 11 is 0. The Morgan fingerprint density at radius 2 is 1.79 bits per heavy atom. The van der Waals surface area contributed by atoms with Gasteiger partial charge in [-0.1, -0.05) is 12.8 Å². The zero-order valence-corrected chi connectivity index (χ0v) is 8.63. The van der Waals surface area contributed by atoms with Crippen LogP contribution in [0.4, 0.5) is 0 Å². The molecule has 2 aliphatic rings. The summed E-state index contributed by atoms with van der Waals surface area (Å²) < 4.78 is 0. The molecule has 3 nitrogen and oxygen atoms in total. The number of dihydropyridines is 1. The summed E-state index contributed by atoms with van der Waals surface area (Å²) in [6.07, 6.45) is 9.50. The minimum absolute atomic E-state index is 0.794. The van der Waals surface area contributed by atoms with Crippen molar-refractivity contribution in [1.29, 1.82) is 0 Å². The number of hydrogen-bond donors (Lipinski definition) is 2. The van der Waals surface area contributed by atoms with Crippen LogP contribution in [0.5, 0.6) is 0 Å². The molecule has 3 heteroatoms. The first-order valence-electron chi connectivity index (χ1n) is 5.51. The molecule has 0 aliphatic carbocycles. The molecule has 2 aliphatic heterocycles. The first-order chi connectivity index (χ1) is 6.86. The summed E-state index contributed by atoms with van der Waals surface area (Å²) in [6.45, 7) is 3.17. The fourth-order valence-corrected chi connectivity index (χ4v) is 2.03. The van der Waals surface area contributed by atoms with Crippen LogP contribution in [0.3, 0.4) is 0 Å². The number of nitrogens with two attached hydrogens (primary N) is 1. The van der Waals surface area contributed by atoms with E-state index >= 15 is 0 Å². The van der Waals surface area contributed by atoms with E-state index in [1.807, 2.05) is 6.08 Å². The number of hydrogen-bond acceptors (Lipinski definition) is 3. The Morgan fingerprint density at radius 3 is 2.36 bits per heavy atom. The van der Waals surface area contributed by atoms with Crippen LogP contribution in [0.15, 0.2) is 23.7 Å². The summed E-state index contributed by atoms with van der Waals surface area (Å²) in [5.74, 6) is 1.25. The highest BCUT2D eigenvalue weighted by atomic mass is 15.2. The molecule has 0 radical (unpaired) electrons. The molecule has 1 fully saturated rings. The second-order valence-corrected chi connectivity index (χ2v) is 4.05. The first kappa shape index (κ1) is 9.44. The molecule has 0 bridgehead atoms. The highest BCUT2D eigenvalue weighted by Crippen LogP contribution is 2.14. The molecule has 0 aromatic heterocycles. The molecule has 0 atom stereocenters. The van der Waals surface area contributed by atoms with Gasteiger partial charge in [-0.25, -0.2) is 0 Å². The Kier molecular flexibility index (Phi) is 2.96. The van der Waals surface area contributed by atoms with Crippen molar-refractivity contribution in [2.45, 2.75) is 25.7 Å². The van der Waals surface area contributed by atoms with Gasteiger partial charge in [0.05, 0.1) is 6.54 Å². The second kappa shape index (κ2) is 4.40. The first-order valence-corrected chi connectivity index (χ1v) is 5.51. The van der Waals surface area contributed by atoms with Crippen molar-refractivity contribution in [2.75, 3.05) is 19.6 Å². The van der Waals surface area contributed by atoms with Gasteiger partial charge in [0.25, 0.3) is 0 Å². The summed E-state index contributed by atoms with van der Waals surface area (Å²) in [7, 11) is 0. The van der Waals surface area contributed by atoms with Gasteiger partial charge in [0, 0.05) is 18.8 Å². The summed E-state index contributed by atoms with van der Waals surface area (Å²) in [6, 6.07) is 0. The maximum absolute atomic E-state index is 5.69. The van der Waals surface area contributed by atoms with E-state index in [-0.39, 0.29) is 0 Å². The quantitative estimate of drug-likeness (QED) is 0.656. The molecule has 0 spiro atoms. The van der Waals surface area contributed by atoms with Crippen LogP contribution in [0.25, 0.3) is 0 Å². The minimum atomic E-state index is 0.794. The molecular weight excluding hydrogens is 174 g/mol. The average Bonchev–Trinajstić information content (AvgIpc) is 2.47. The number of rotatable bonds is 1. The van der Waals surface area contributed by atoms with Gasteiger partial charge >= 0.3 is 0 Å². The fraction of sp³-hybridized carbons (Fsp3) is 0.636. The van der Waals surface area contributed by atoms with Crippen LogP contribution in [-0.4, -0.2) is 24.5 Å². The predicted octanol–water partition coefficient (Wildman–Crippen LogP) is 1.15. The third kappa shape index (κ3) is 2.22. The summed E-state index contributed by atoms with van der Waals surface area (Å²) in [5.41, 5.74) is 6.61. The van der Waals surface area contributed by atoms with Gasteiger partial charge in [-0.3, -0.25) is 0 Å². The lowest BCUT2D eigenvalue weighted by atomic mass is 10.2. The van der Waals surface area contributed by atoms with Crippen molar-refractivity contribution >= 4 is 0 Å². The molecule has 0 aromatic rings. The van der Waals surface area contributed by atoms with E-state index in [0.717, 1.165) is 12.2 Å². The van der Waals surface area contributed by atoms with Crippen molar-refractivity contribution < 1.29 is 0 Å². The molecule has 78 valence electrons. The van der Waals surface area contributed by atoms with E-state index in [4.69, 9.17) is 5.73 Å². The SMILES string of the molecule is NC1=CC=C(N2CCCCCC2)NC1. The van der Waals surface area contributed by atoms with E-state index < -0.39 is 0 Å². The monoisotopic (exact) mass is 193 g/mol. The van der Waals surface area contributed by atoms with Crippen LogP contribution in [0.2, 0.25) is 0 Å². The van der Waals surface area contributed by atoms with Crippen molar-refractivity contribution in [3.05, 3.63) is 23.7 Å². The van der Waals surface area contributed by atoms with E-state index in [0.29, 0.717) is 0 Å². The maximum Gasteiger partial charge on any atom is 0.102 e. The normalized spacial score (nSPS) is 23.3. The largest absolute Gasteiger partial charge is 0.401 e. The predicted molar refractivity (Wildman–Crippen MR) is 58.4 cm³/mol. The molecule has 0 amide bonds. The van der Waals surface area contributed by atoms with Crippen LogP contribution < -0.4 is 11.1 Å². The lowest BCUT2D eigenvalue weighted by molar-refractivity contribution is 0.333. The molecule has 0 aromatic carbocycles. The average molecular weight is 193 g/mol. The number of nitrogens with one attached hydrogen (secondary N) is 1. The third-order valence-corrected chi connectivity index (χ3v) is 2.88. The van der Waals surface area contributed by atoms with E-state index in [9.17, 15) is 0 Å². The zero-order valence-electron chi connectivity index (χ0n) is 8.63. The lowest BCUT2D eigenvalue weighted by Gasteiger charge is -2.28. The Labute approximate surface area is 85.6 Å². The number of allylic oxidation sites excluding steroid dienone is 2. The Hall–Kier alpha value is -1.12. The van der Waals surface area contributed by atoms with Crippen LogP contribution in [-0.2, 0) is 0 Å². The van der Waals surface area contributed by atoms with Crippen LogP contribution in [0, 0.1) is 0 Å². The van der Waals surface area contributed by atoms with E-state index in [1.165, 1.54) is 44.6 Å². The van der Waals surface area contributed by atoms with Gasteiger partial charge in [-0.05, 0) is 25.0 Å². The minimum Gasteiger partial charge on any atom is -0.401 e. The molecule has 2 heterocycles. The van der Waals surface area contributed by atoms with Crippen LogP contribution >= 0.6 is 0 Å². The molecule has 14 heavy (non-hydrogen) atoms. The van der Waals surface area contributed by atoms with E-state index in [2.05, 4.69) is 16.3 Å². The number of likely N-dealkylation sites (tertiary alicyclic amines) is 1. The van der Waals surface area contributed by atoms with Gasteiger partial charge in [-0.2, -0.15) is 0 Å². The molecule has 2 rings (SSSR count). The van der Waals surface area contributed by atoms with Crippen LogP contribution in [0.1, 0.15) is 25.7 Å². The van der Waals surface area contributed by atoms with Crippen molar-refractivity contribution in [3.8, 4) is 0 Å². The van der Waals surface area contributed by atoms with Crippen molar-refractivity contribution in [2.24, 2.45) is 5.73 Å². The topological polar surface area (TPSA) is 41.3 Å². The van der Waals surface area contributed by atoms with Crippen molar-refractivity contribution in [1.82, 2.24) is 10.2 Å². The fourth-order valence-electron chi connectivity index (χ4n) is 2.03. The molecule has 3 N–H and O–H groups in total. The van der Waals surface area contributed by atoms with E-state index in [1.54, 1.807) is 0 Å². The third-order valence-electron chi connectivity index (χ3n) is 2.88. The lowest BCUT2D eigenvalue weighted by Crippen LogP contribution is -2.36. The second-order valence-electron chi connectivity index (χ2n) is 4.05. The van der Waals surface area contributed by atoms with Gasteiger partial charge in [0.15, 0.2) is 0 Å². The highest BCUT2D eigenvalue weighted by molar-refractivity contribution is 5.21.